The minimum absolute atomic E-state index is 0.233. The third-order valence-electron chi connectivity index (χ3n) is 3.35. The zero-order valence-electron chi connectivity index (χ0n) is 11.5. The highest BCUT2D eigenvalue weighted by Gasteiger charge is 2.13. The van der Waals surface area contributed by atoms with E-state index < -0.39 is 0 Å². The molecule has 0 saturated carbocycles. The number of fused-ring (bicyclic) bond motifs is 1. The highest BCUT2D eigenvalue weighted by atomic mass is 79.9. The van der Waals surface area contributed by atoms with Crippen LogP contribution >= 0.6 is 15.9 Å². The fraction of sp³-hybridized carbons (Fsp3) is 0.118. The Morgan fingerprint density at radius 1 is 1.19 bits per heavy atom. The van der Waals surface area contributed by atoms with E-state index in [4.69, 9.17) is 4.42 Å². The lowest BCUT2D eigenvalue weighted by Crippen LogP contribution is -2.12. The summed E-state index contributed by atoms with van der Waals surface area (Å²) in [6.45, 7) is 2.06. The van der Waals surface area contributed by atoms with E-state index in [9.17, 15) is 4.79 Å². The van der Waals surface area contributed by atoms with Crippen molar-refractivity contribution in [1.29, 1.82) is 0 Å². The fourth-order valence-electron chi connectivity index (χ4n) is 2.26. The molecule has 1 N–H and O–H groups in total. The molecule has 0 saturated heterocycles. The third kappa shape index (κ3) is 2.85. The topological polar surface area (TPSA) is 42.2 Å². The number of benzene rings is 2. The smallest absolute Gasteiger partial charge is 0.291 e. The Hall–Kier alpha value is -2.07. The Bertz CT molecular complexity index is 807. The molecule has 0 fully saturated rings. The second-order valence-electron chi connectivity index (χ2n) is 4.76. The van der Waals surface area contributed by atoms with Gasteiger partial charge in [0.05, 0.1) is 0 Å². The number of rotatable bonds is 3. The van der Waals surface area contributed by atoms with Gasteiger partial charge in [0.2, 0.25) is 0 Å². The van der Waals surface area contributed by atoms with Crippen molar-refractivity contribution >= 4 is 38.5 Å². The van der Waals surface area contributed by atoms with Gasteiger partial charge in [0.1, 0.15) is 5.58 Å². The number of halogens is 1. The number of aryl methyl sites for hydroxylation is 1. The summed E-state index contributed by atoms with van der Waals surface area (Å²) in [6.07, 6.45) is 0.865. The van der Waals surface area contributed by atoms with Crippen LogP contribution in [-0.4, -0.2) is 5.91 Å². The van der Waals surface area contributed by atoms with Gasteiger partial charge in [-0.1, -0.05) is 41.1 Å². The van der Waals surface area contributed by atoms with Crippen LogP contribution in [-0.2, 0) is 6.42 Å². The first-order valence-electron chi connectivity index (χ1n) is 6.75. The number of hydrogen-bond donors (Lipinski definition) is 1. The molecule has 0 spiro atoms. The van der Waals surface area contributed by atoms with Crippen LogP contribution in [0.2, 0.25) is 0 Å². The lowest BCUT2D eigenvalue weighted by atomic mass is 10.1. The molecule has 3 nitrogen and oxygen atoms in total. The lowest BCUT2D eigenvalue weighted by molar-refractivity contribution is 0.0998. The number of hydrogen-bond acceptors (Lipinski definition) is 2. The average Bonchev–Trinajstić information content (AvgIpc) is 2.91. The summed E-state index contributed by atoms with van der Waals surface area (Å²) in [5, 5.41) is 3.81. The van der Waals surface area contributed by atoms with Crippen molar-refractivity contribution in [2.75, 3.05) is 5.32 Å². The van der Waals surface area contributed by atoms with E-state index >= 15 is 0 Å². The van der Waals surface area contributed by atoms with Crippen molar-refractivity contribution in [2.45, 2.75) is 13.3 Å². The predicted molar refractivity (Wildman–Crippen MR) is 87.7 cm³/mol. The number of nitrogens with one attached hydrogen (secondary N) is 1. The molecule has 4 heteroatoms. The number of carbonyl (C=O) groups is 1. The molecule has 0 aliphatic rings. The number of amides is 1. The van der Waals surface area contributed by atoms with Crippen LogP contribution in [0.1, 0.15) is 23.0 Å². The van der Waals surface area contributed by atoms with E-state index in [-0.39, 0.29) is 5.91 Å². The summed E-state index contributed by atoms with van der Waals surface area (Å²) in [5.74, 6) is 0.0808. The van der Waals surface area contributed by atoms with E-state index in [1.165, 1.54) is 0 Å². The Kier molecular flexibility index (Phi) is 3.80. The van der Waals surface area contributed by atoms with Crippen molar-refractivity contribution in [2.24, 2.45) is 0 Å². The SMILES string of the molecule is CCc1ccccc1NC(=O)c1cc2cc(Br)ccc2o1. The average molecular weight is 344 g/mol. The zero-order valence-corrected chi connectivity index (χ0v) is 13.1. The molecule has 2 aromatic carbocycles. The van der Waals surface area contributed by atoms with Gasteiger partial charge in [-0.25, -0.2) is 0 Å². The second kappa shape index (κ2) is 5.74. The molecule has 0 aliphatic heterocycles. The first kappa shape index (κ1) is 13.9. The maximum absolute atomic E-state index is 12.3. The monoisotopic (exact) mass is 343 g/mol. The van der Waals surface area contributed by atoms with Crippen LogP contribution in [0.15, 0.2) is 57.4 Å². The minimum Gasteiger partial charge on any atom is -0.451 e. The second-order valence-corrected chi connectivity index (χ2v) is 5.67. The Morgan fingerprint density at radius 2 is 2.00 bits per heavy atom. The Balaban J connectivity index is 1.90. The maximum atomic E-state index is 12.3. The van der Waals surface area contributed by atoms with Crippen LogP contribution in [0.3, 0.4) is 0 Å². The van der Waals surface area contributed by atoms with Crippen LogP contribution < -0.4 is 5.32 Å². The van der Waals surface area contributed by atoms with Crippen LogP contribution in [0.4, 0.5) is 5.69 Å². The summed E-state index contributed by atoms with van der Waals surface area (Å²) in [5.41, 5.74) is 2.63. The van der Waals surface area contributed by atoms with Gasteiger partial charge < -0.3 is 9.73 Å². The molecule has 0 bridgehead atoms. The summed E-state index contributed by atoms with van der Waals surface area (Å²) >= 11 is 3.41. The molecule has 3 rings (SSSR count). The van der Waals surface area contributed by atoms with Crippen LogP contribution in [0.5, 0.6) is 0 Å². The molecule has 0 aliphatic carbocycles. The standard InChI is InChI=1S/C17H14BrNO2/c1-2-11-5-3-4-6-14(11)19-17(20)16-10-12-9-13(18)7-8-15(12)21-16/h3-10H,2H2,1H3,(H,19,20). The van der Waals surface area contributed by atoms with Gasteiger partial charge in [0.15, 0.2) is 5.76 Å². The molecule has 1 amide bonds. The van der Waals surface area contributed by atoms with Gasteiger partial charge in [0, 0.05) is 15.5 Å². The first-order chi connectivity index (χ1) is 10.2. The van der Waals surface area contributed by atoms with E-state index in [2.05, 4.69) is 28.2 Å². The molecule has 3 aromatic rings. The van der Waals surface area contributed by atoms with Gasteiger partial charge in [-0.2, -0.15) is 0 Å². The quantitative estimate of drug-likeness (QED) is 0.726. The van der Waals surface area contributed by atoms with E-state index in [1.54, 1.807) is 6.07 Å². The van der Waals surface area contributed by atoms with Gasteiger partial charge in [-0.3, -0.25) is 4.79 Å². The highest BCUT2D eigenvalue weighted by Crippen LogP contribution is 2.24. The minimum atomic E-state index is -0.233. The van der Waals surface area contributed by atoms with E-state index in [0.717, 1.165) is 27.5 Å². The molecule has 0 unspecified atom stereocenters. The summed E-state index contributed by atoms with van der Waals surface area (Å²) in [4.78, 5) is 12.3. The molecule has 21 heavy (non-hydrogen) atoms. The van der Waals surface area contributed by atoms with E-state index in [1.807, 2.05) is 42.5 Å². The molecule has 0 radical (unpaired) electrons. The molecule has 106 valence electrons. The molecule has 1 aromatic heterocycles. The number of para-hydroxylation sites is 1. The van der Waals surface area contributed by atoms with Crippen molar-refractivity contribution in [1.82, 2.24) is 0 Å². The molecule has 0 atom stereocenters. The predicted octanol–water partition coefficient (Wildman–Crippen LogP) is 5.01. The van der Waals surface area contributed by atoms with Crippen molar-refractivity contribution in [3.05, 3.63) is 64.3 Å². The first-order valence-corrected chi connectivity index (χ1v) is 7.55. The number of anilines is 1. The fourth-order valence-corrected chi connectivity index (χ4v) is 2.64. The van der Waals surface area contributed by atoms with Gasteiger partial charge in [-0.15, -0.1) is 0 Å². The van der Waals surface area contributed by atoms with Gasteiger partial charge in [0.25, 0.3) is 5.91 Å². The van der Waals surface area contributed by atoms with Gasteiger partial charge in [-0.05, 0) is 42.3 Å². The molecular formula is C17H14BrNO2. The number of carbonyl (C=O) groups excluding carboxylic acids is 1. The maximum Gasteiger partial charge on any atom is 0.291 e. The normalized spacial score (nSPS) is 10.8. The van der Waals surface area contributed by atoms with Crippen LogP contribution in [0.25, 0.3) is 11.0 Å². The third-order valence-corrected chi connectivity index (χ3v) is 3.84. The van der Waals surface area contributed by atoms with Gasteiger partial charge >= 0.3 is 0 Å². The van der Waals surface area contributed by atoms with Crippen molar-refractivity contribution in [3.63, 3.8) is 0 Å². The highest BCUT2D eigenvalue weighted by molar-refractivity contribution is 9.10. The van der Waals surface area contributed by atoms with Crippen molar-refractivity contribution in [3.8, 4) is 0 Å². The molecular weight excluding hydrogens is 330 g/mol. The Labute approximate surface area is 131 Å². The Morgan fingerprint density at radius 3 is 2.81 bits per heavy atom. The van der Waals surface area contributed by atoms with Crippen molar-refractivity contribution < 1.29 is 9.21 Å². The largest absolute Gasteiger partial charge is 0.451 e. The molecule has 1 heterocycles. The summed E-state index contributed by atoms with van der Waals surface area (Å²) in [6, 6.07) is 15.2. The summed E-state index contributed by atoms with van der Waals surface area (Å²) in [7, 11) is 0. The lowest BCUT2D eigenvalue weighted by Gasteiger charge is -2.07. The number of furan rings is 1. The summed E-state index contributed by atoms with van der Waals surface area (Å²) < 4.78 is 6.56. The van der Waals surface area contributed by atoms with E-state index in [0.29, 0.717) is 11.3 Å². The van der Waals surface area contributed by atoms with Crippen LogP contribution in [0, 0.1) is 0 Å². The zero-order chi connectivity index (χ0) is 14.8.